The number of aromatic nitrogens is 3. The highest BCUT2D eigenvalue weighted by Crippen LogP contribution is 2.35. The smallest absolute Gasteiger partial charge is 0.230 e. The molecule has 4 rings (SSSR count). The van der Waals surface area contributed by atoms with Crippen LogP contribution in [-0.4, -0.2) is 40.4 Å². The summed E-state index contributed by atoms with van der Waals surface area (Å²) < 4.78 is 7.35. The highest BCUT2D eigenvalue weighted by Gasteiger charge is 2.41. The molecule has 1 aliphatic heterocycles. The molecule has 0 atom stereocenters. The van der Waals surface area contributed by atoms with Crippen molar-refractivity contribution in [2.24, 2.45) is 0 Å². The van der Waals surface area contributed by atoms with Crippen molar-refractivity contribution in [1.29, 1.82) is 0 Å². The van der Waals surface area contributed by atoms with Gasteiger partial charge in [0.05, 0.1) is 17.7 Å². The molecule has 1 saturated heterocycles. The summed E-state index contributed by atoms with van der Waals surface area (Å²) in [6, 6.07) is 17.7. The molecule has 1 fully saturated rings. The quantitative estimate of drug-likeness (QED) is 0.718. The van der Waals surface area contributed by atoms with Gasteiger partial charge in [-0.15, -0.1) is 0 Å². The summed E-state index contributed by atoms with van der Waals surface area (Å²) in [6.07, 6.45) is 5.08. The summed E-state index contributed by atoms with van der Waals surface area (Å²) >= 11 is 0. The van der Waals surface area contributed by atoms with Crippen LogP contribution in [0.3, 0.4) is 0 Å². The van der Waals surface area contributed by atoms with Crippen molar-refractivity contribution in [3.8, 4) is 11.4 Å². The molecule has 144 valence electrons. The van der Waals surface area contributed by atoms with Gasteiger partial charge < -0.3 is 10.1 Å². The van der Waals surface area contributed by atoms with Gasteiger partial charge in [-0.25, -0.2) is 0 Å². The maximum Gasteiger partial charge on any atom is 0.230 e. The Labute approximate surface area is 164 Å². The van der Waals surface area contributed by atoms with E-state index in [1.165, 1.54) is 0 Å². The molecule has 0 spiro atoms. The minimum atomic E-state index is -0.511. The number of amides is 1. The molecular formula is C22H24N4O2. The molecule has 6 nitrogen and oxygen atoms in total. The van der Waals surface area contributed by atoms with Crippen LogP contribution in [-0.2, 0) is 21.5 Å². The standard InChI is InChI=1S/C22H24N4O2/c27-21(22(10-16-28-17-11-22)18-6-2-1-3-7-18)24-13-15-26-14-9-20(25-26)19-8-4-5-12-23-19/h1-9,12,14H,10-11,13,15-17H2,(H,24,27). The van der Waals surface area contributed by atoms with Crippen molar-refractivity contribution in [1.82, 2.24) is 20.1 Å². The van der Waals surface area contributed by atoms with E-state index >= 15 is 0 Å². The minimum Gasteiger partial charge on any atom is -0.381 e. The first-order valence-corrected chi connectivity index (χ1v) is 9.64. The Kier molecular flexibility index (Phi) is 5.48. The number of nitrogens with one attached hydrogen (secondary N) is 1. The third-order valence-corrected chi connectivity index (χ3v) is 5.30. The largest absolute Gasteiger partial charge is 0.381 e. The third kappa shape index (κ3) is 3.82. The zero-order valence-corrected chi connectivity index (χ0v) is 15.8. The van der Waals surface area contributed by atoms with E-state index in [1.807, 2.05) is 65.5 Å². The fourth-order valence-electron chi connectivity index (χ4n) is 3.71. The lowest BCUT2D eigenvalue weighted by molar-refractivity contribution is -0.130. The number of carbonyl (C=O) groups is 1. The molecule has 28 heavy (non-hydrogen) atoms. The number of benzene rings is 1. The summed E-state index contributed by atoms with van der Waals surface area (Å²) in [6.45, 7) is 2.35. The first-order chi connectivity index (χ1) is 13.8. The second-order valence-corrected chi connectivity index (χ2v) is 7.00. The van der Waals surface area contributed by atoms with Crippen molar-refractivity contribution in [3.63, 3.8) is 0 Å². The van der Waals surface area contributed by atoms with Gasteiger partial charge in [0.1, 0.15) is 5.69 Å². The van der Waals surface area contributed by atoms with Crippen LogP contribution >= 0.6 is 0 Å². The SMILES string of the molecule is O=C(NCCn1ccc(-c2ccccn2)n1)C1(c2ccccc2)CCOCC1. The van der Waals surface area contributed by atoms with Crippen molar-refractivity contribution in [2.45, 2.75) is 24.8 Å². The van der Waals surface area contributed by atoms with Gasteiger partial charge in [0, 0.05) is 32.2 Å². The molecule has 1 N–H and O–H groups in total. The third-order valence-electron chi connectivity index (χ3n) is 5.30. The molecular weight excluding hydrogens is 352 g/mol. The summed E-state index contributed by atoms with van der Waals surface area (Å²) in [5, 5.41) is 7.67. The predicted molar refractivity (Wildman–Crippen MR) is 107 cm³/mol. The molecule has 0 saturated carbocycles. The molecule has 2 aromatic heterocycles. The molecule has 0 aliphatic carbocycles. The lowest BCUT2D eigenvalue weighted by Gasteiger charge is -2.36. The Bertz CT molecular complexity index is 903. The van der Waals surface area contributed by atoms with Crippen molar-refractivity contribution in [2.75, 3.05) is 19.8 Å². The number of hydrogen-bond donors (Lipinski definition) is 1. The van der Waals surface area contributed by atoms with Crippen molar-refractivity contribution in [3.05, 3.63) is 72.6 Å². The Morgan fingerprint density at radius 2 is 1.82 bits per heavy atom. The monoisotopic (exact) mass is 376 g/mol. The highest BCUT2D eigenvalue weighted by atomic mass is 16.5. The number of ether oxygens (including phenoxy) is 1. The Morgan fingerprint density at radius 1 is 1.04 bits per heavy atom. The van der Waals surface area contributed by atoms with Gasteiger partial charge in [0.25, 0.3) is 0 Å². The summed E-state index contributed by atoms with van der Waals surface area (Å²) in [4.78, 5) is 17.4. The zero-order chi connectivity index (χ0) is 19.2. The van der Waals surface area contributed by atoms with Crippen LogP contribution in [0.1, 0.15) is 18.4 Å². The van der Waals surface area contributed by atoms with E-state index in [4.69, 9.17) is 4.74 Å². The van der Waals surface area contributed by atoms with Gasteiger partial charge in [-0.3, -0.25) is 14.5 Å². The second-order valence-electron chi connectivity index (χ2n) is 7.00. The van der Waals surface area contributed by atoms with Crippen LogP contribution < -0.4 is 5.32 Å². The van der Waals surface area contributed by atoms with Gasteiger partial charge in [0.15, 0.2) is 0 Å². The summed E-state index contributed by atoms with van der Waals surface area (Å²) in [5.74, 6) is 0.0686. The lowest BCUT2D eigenvalue weighted by Crippen LogP contribution is -2.48. The van der Waals surface area contributed by atoms with E-state index in [-0.39, 0.29) is 5.91 Å². The van der Waals surface area contributed by atoms with Gasteiger partial charge in [0.2, 0.25) is 5.91 Å². The molecule has 6 heteroatoms. The first-order valence-electron chi connectivity index (χ1n) is 9.64. The van der Waals surface area contributed by atoms with Crippen LogP contribution in [0.4, 0.5) is 0 Å². The van der Waals surface area contributed by atoms with Gasteiger partial charge in [-0.05, 0) is 36.6 Å². The predicted octanol–water partition coefficient (Wildman–Crippen LogP) is 2.81. The van der Waals surface area contributed by atoms with Crippen LogP contribution in [0, 0.1) is 0 Å². The normalized spacial score (nSPS) is 15.9. The number of hydrogen-bond acceptors (Lipinski definition) is 4. The van der Waals surface area contributed by atoms with Crippen LogP contribution in [0.5, 0.6) is 0 Å². The van der Waals surface area contributed by atoms with E-state index in [2.05, 4.69) is 15.4 Å². The number of nitrogens with zero attached hydrogens (tertiary/aromatic N) is 3. The Morgan fingerprint density at radius 3 is 2.57 bits per heavy atom. The molecule has 1 aliphatic rings. The van der Waals surface area contributed by atoms with E-state index in [1.54, 1.807) is 6.20 Å². The number of pyridine rings is 1. The zero-order valence-electron chi connectivity index (χ0n) is 15.8. The van der Waals surface area contributed by atoms with Gasteiger partial charge in [-0.1, -0.05) is 36.4 Å². The van der Waals surface area contributed by atoms with E-state index < -0.39 is 5.41 Å². The molecule has 0 radical (unpaired) electrons. The van der Waals surface area contributed by atoms with Gasteiger partial charge >= 0.3 is 0 Å². The highest BCUT2D eigenvalue weighted by molar-refractivity contribution is 5.88. The van der Waals surface area contributed by atoms with Crippen molar-refractivity contribution < 1.29 is 9.53 Å². The molecule has 1 amide bonds. The van der Waals surface area contributed by atoms with E-state index in [0.29, 0.717) is 39.1 Å². The molecule has 0 unspecified atom stereocenters. The molecule has 1 aromatic carbocycles. The summed E-state index contributed by atoms with van der Waals surface area (Å²) in [7, 11) is 0. The fourth-order valence-corrected chi connectivity index (χ4v) is 3.71. The van der Waals surface area contributed by atoms with E-state index in [9.17, 15) is 4.79 Å². The second kappa shape index (κ2) is 8.35. The molecule has 0 bridgehead atoms. The summed E-state index contributed by atoms with van der Waals surface area (Å²) in [5.41, 5.74) is 2.22. The fraction of sp³-hybridized carbons (Fsp3) is 0.318. The Balaban J connectivity index is 1.40. The average Bonchev–Trinajstić information content (AvgIpc) is 3.24. The van der Waals surface area contributed by atoms with Crippen LogP contribution in [0.15, 0.2) is 67.0 Å². The topological polar surface area (TPSA) is 69.0 Å². The maximum absolute atomic E-state index is 13.1. The molecule has 3 aromatic rings. The van der Waals surface area contributed by atoms with Gasteiger partial charge in [-0.2, -0.15) is 5.10 Å². The lowest BCUT2D eigenvalue weighted by atomic mass is 9.73. The number of rotatable bonds is 6. The maximum atomic E-state index is 13.1. The van der Waals surface area contributed by atoms with Crippen molar-refractivity contribution >= 4 is 5.91 Å². The van der Waals surface area contributed by atoms with Crippen LogP contribution in [0.25, 0.3) is 11.4 Å². The average molecular weight is 376 g/mol. The molecule has 3 heterocycles. The van der Waals surface area contributed by atoms with E-state index in [0.717, 1.165) is 17.0 Å². The number of carbonyl (C=O) groups excluding carboxylic acids is 1. The Hall–Kier alpha value is -2.99. The van der Waals surface area contributed by atoms with Crippen LogP contribution in [0.2, 0.25) is 0 Å². The first kappa shape index (κ1) is 18.4. The minimum absolute atomic E-state index is 0.0686.